The molecule has 9 heteroatoms. The number of imide groups is 1. The molecule has 3 amide bonds. The number of carbonyl (C=O) groups is 2. The molecule has 2 unspecified atom stereocenters. The Morgan fingerprint density at radius 2 is 1.81 bits per heavy atom. The molecule has 0 saturated carbocycles. The molecule has 0 aliphatic carbocycles. The molecular weight excluding hydrogens is 450 g/mol. The molecule has 2 atom stereocenters. The fourth-order valence-electron chi connectivity index (χ4n) is 3.89. The fraction of sp³-hybridized carbons (Fsp3) is 0.174. The fourth-order valence-corrected chi connectivity index (χ4v) is 5.46. The van der Waals surface area contributed by atoms with Crippen LogP contribution in [0.3, 0.4) is 0 Å². The van der Waals surface area contributed by atoms with E-state index in [1.54, 1.807) is 38.6 Å². The van der Waals surface area contributed by atoms with Crippen molar-refractivity contribution in [2.45, 2.75) is 11.3 Å². The van der Waals surface area contributed by atoms with E-state index in [4.69, 9.17) is 21.1 Å². The number of ether oxygens (including phenoxy) is 2. The van der Waals surface area contributed by atoms with Gasteiger partial charge >= 0.3 is 6.03 Å². The molecule has 32 heavy (non-hydrogen) atoms. The van der Waals surface area contributed by atoms with Crippen molar-refractivity contribution in [3.8, 4) is 11.5 Å². The molecule has 2 aliphatic rings. The number of amides is 3. The maximum Gasteiger partial charge on any atom is 0.329 e. The van der Waals surface area contributed by atoms with Gasteiger partial charge in [-0.05, 0) is 42.5 Å². The molecular formula is C23H18ClN3O4S. The van der Waals surface area contributed by atoms with Crippen LogP contribution in [0.2, 0.25) is 5.02 Å². The Morgan fingerprint density at radius 3 is 2.59 bits per heavy atom. The first-order chi connectivity index (χ1) is 15.5. The van der Waals surface area contributed by atoms with Gasteiger partial charge in [0.25, 0.3) is 5.91 Å². The van der Waals surface area contributed by atoms with Crippen LogP contribution in [0.25, 0.3) is 15.7 Å². The Bertz CT molecular complexity index is 1300. The summed E-state index contributed by atoms with van der Waals surface area (Å²) in [6.45, 7) is 0. The summed E-state index contributed by atoms with van der Waals surface area (Å²) in [5.41, 5.74) is 1.17. The van der Waals surface area contributed by atoms with E-state index < -0.39 is 17.3 Å². The zero-order valence-electron chi connectivity index (χ0n) is 17.2. The van der Waals surface area contributed by atoms with Crippen molar-refractivity contribution in [1.82, 2.24) is 10.3 Å². The van der Waals surface area contributed by atoms with Gasteiger partial charge in [-0.25, -0.2) is 9.69 Å². The summed E-state index contributed by atoms with van der Waals surface area (Å²) in [6, 6.07) is 9.85. The van der Waals surface area contributed by atoms with Crippen molar-refractivity contribution in [2.75, 3.05) is 19.1 Å². The number of hydrogen-bond donors (Lipinski definition) is 1. The Hall–Kier alpha value is -3.23. The summed E-state index contributed by atoms with van der Waals surface area (Å²) in [4.78, 5) is 32.7. The zero-order chi connectivity index (χ0) is 22.4. The predicted octanol–water partition coefficient (Wildman–Crippen LogP) is 4.49. The van der Waals surface area contributed by atoms with Gasteiger partial charge in [-0.1, -0.05) is 11.6 Å². The largest absolute Gasteiger partial charge is 0.497 e. The maximum atomic E-state index is 13.5. The number of methoxy groups -OCH3 is 2. The number of benzene rings is 2. The zero-order valence-corrected chi connectivity index (χ0v) is 18.7. The summed E-state index contributed by atoms with van der Waals surface area (Å²) < 4.78 is 10.6. The monoisotopic (exact) mass is 467 g/mol. The van der Waals surface area contributed by atoms with Crippen LogP contribution >= 0.6 is 23.4 Å². The number of anilines is 1. The normalized spacial score (nSPS) is 20.1. The standard InChI is InChI=1S/C23H18ClN3O4S/c1-30-13-4-3-12-10-25-11-19(15(12)7-13)27-22(28)21-18(26-23(27)29)9-20(32-21)16-8-14(31-2)5-6-17(16)24/h3-11,18,21H,1-2H3,(H,26,29). The van der Waals surface area contributed by atoms with E-state index in [0.717, 1.165) is 20.8 Å². The van der Waals surface area contributed by atoms with E-state index in [0.29, 0.717) is 27.6 Å². The smallest absolute Gasteiger partial charge is 0.329 e. The third-order valence-electron chi connectivity index (χ3n) is 5.49. The predicted molar refractivity (Wildman–Crippen MR) is 125 cm³/mol. The minimum absolute atomic E-state index is 0.314. The lowest BCUT2D eigenvalue weighted by molar-refractivity contribution is -0.118. The molecule has 1 fully saturated rings. The van der Waals surface area contributed by atoms with E-state index in [2.05, 4.69) is 10.3 Å². The van der Waals surface area contributed by atoms with Crippen LogP contribution in [-0.4, -0.2) is 42.4 Å². The van der Waals surface area contributed by atoms with Crippen LogP contribution in [0, 0.1) is 0 Å². The molecule has 162 valence electrons. The van der Waals surface area contributed by atoms with Crippen LogP contribution in [0.4, 0.5) is 10.5 Å². The van der Waals surface area contributed by atoms with Crippen LogP contribution in [0.1, 0.15) is 5.56 Å². The van der Waals surface area contributed by atoms with Crippen molar-refractivity contribution in [3.63, 3.8) is 0 Å². The second-order valence-corrected chi connectivity index (χ2v) is 8.90. The lowest BCUT2D eigenvalue weighted by Gasteiger charge is -2.33. The lowest BCUT2D eigenvalue weighted by atomic mass is 10.1. The Morgan fingerprint density at radius 1 is 1.06 bits per heavy atom. The van der Waals surface area contributed by atoms with Crippen LogP contribution in [-0.2, 0) is 4.79 Å². The van der Waals surface area contributed by atoms with Crippen molar-refractivity contribution < 1.29 is 19.1 Å². The van der Waals surface area contributed by atoms with Crippen molar-refractivity contribution in [2.24, 2.45) is 0 Å². The number of carbonyl (C=O) groups excluding carboxylic acids is 2. The minimum atomic E-state index is -0.522. The number of rotatable bonds is 4. The minimum Gasteiger partial charge on any atom is -0.497 e. The summed E-state index contributed by atoms with van der Waals surface area (Å²) in [7, 11) is 3.15. The second-order valence-electron chi connectivity index (χ2n) is 7.31. The number of nitrogens with one attached hydrogen (secondary N) is 1. The molecule has 1 aromatic heterocycles. The van der Waals surface area contributed by atoms with E-state index in [-0.39, 0.29) is 5.91 Å². The molecule has 1 saturated heterocycles. The topological polar surface area (TPSA) is 80.8 Å². The SMILES string of the molecule is COc1ccc(Cl)c(C2=CC3NC(=O)N(c4cncc5ccc(OC)cc45)C(=O)C3S2)c1. The van der Waals surface area contributed by atoms with Crippen LogP contribution < -0.4 is 19.7 Å². The number of nitrogens with zero attached hydrogens (tertiary/aromatic N) is 2. The van der Waals surface area contributed by atoms with Crippen LogP contribution in [0.15, 0.2) is 54.9 Å². The number of urea groups is 1. The quantitative estimate of drug-likeness (QED) is 0.609. The number of halogens is 1. The third kappa shape index (κ3) is 3.36. The van der Waals surface area contributed by atoms with E-state index >= 15 is 0 Å². The molecule has 3 heterocycles. The van der Waals surface area contributed by atoms with Gasteiger partial charge in [0.1, 0.15) is 16.7 Å². The summed E-state index contributed by atoms with van der Waals surface area (Å²) in [6.07, 6.45) is 5.07. The molecule has 2 aliphatic heterocycles. The highest BCUT2D eigenvalue weighted by atomic mass is 35.5. The summed E-state index contributed by atoms with van der Waals surface area (Å²) in [5.74, 6) is 0.972. The van der Waals surface area contributed by atoms with Gasteiger partial charge in [-0.15, -0.1) is 11.8 Å². The number of pyridine rings is 1. The Labute approximate surface area is 193 Å². The highest BCUT2D eigenvalue weighted by Crippen LogP contribution is 2.45. The lowest BCUT2D eigenvalue weighted by Crippen LogP contribution is -2.60. The van der Waals surface area contributed by atoms with Crippen molar-refractivity contribution in [1.29, 1.82) is 0 Å². The molecule has 7 nitrogen and oxygen atoms in total. The summed E-state index contributed by atoms with van der Waals surface area (Å²) in [5, 5.41) is 4.46. The van der Waals surface area contributed by atoms with Gasteiger partial charge in [-0.2, -0.15) is 0 Å². The van der Waals surface area contributed by atoms with Crippen LogP contribution in [0.5, 0.6) is 11.5 Å². The number of hydrogen-bond acceptors (Lipinski definition) is 6. The first-order valence-corrected chi connectivity index (χ1v) is 11.0. The van der Waals surface area contributed by atoms with Gasteiger partial charge in [0, 0.05) is 32.5 Å². The number of thioether (sulfide) groups is 1. The molecule has 2 aromatic carbocycles. The maximum absolute atomic E-state index is 13.5. The van der Waals surface area contributed by atoms with Crippen molar-refractivity contribution >= 4 is 56.7 Å². The van der Waals surface area contributed by atoms with Gasteiger partial charge in [0.2, 0.25) is 0 Å². The van der Waals surface area contributed by atoms with Gasteiger partial charge < -0.3 is 14.8 Å². The summed E-state index contributed by atoms with van der Waals surface area (Å²) >= 11 is 7.77. The molecule has 5 rings (SSSR count). The Kier molecular flexibility index (Phi) is 5.19. The number of fused-ring (bicyclic) bond motifs is 2. The Balaban J connectivity index is 1.51. The number of aromatic nitrogens is 1. The molecule has 3 aromatic rings. The average molecular weight is 468 g/mol. The highest BCUT2D eigenvalue weighted by Gasteiger charge is 2.45. The van der Waals surface area contributed by atoms with Gasteiger partial charge in [0.15, 0.2) is 0 Å². The first kappa shape index (κ1) is 20.7. The third-order valence-corrected chi connectivity index (χ3v) is 7.18. The molecule has 0 bridgehead atoms. The molecule has 0 radical (unpaired) electrons. The van der Waals surface area contributed by atoms with Crippen molar-refractivity contribution in [3.05, 3.63) is 65.5 Å². The van der Waals surface area contributed by atoms with E-state index in [9.17, 15) is 9.59 Å². The first-order valence-electron chi connectivity index (χ1n) is 9.79. The second kappa shape index (κ2) is 8.03. The highest BCUT2D eigenvalue weighted by molar-refractivity contribution is 8.09. The molecule has 0 spiro atoms. The van der Waals surface area contributed by atoms with E-state index in [1.165, 1.54) is 18.0 Å². The van der Waals surface area contributed by atoms with Gasteiger partial charge in [-0.3, -0.25) is 9.78 Å². The van der Waals surface area contributed by atoms with Gasteiger partial charge in [0.05, 0.1) is 32.1 Å². The molecule has 1 N–H and O–H groups in total. The van der Waals surface area contributed by atoms with E-state index in [1.807, 2.05) is 24.3 Å². The average Bonchev–Trinajstić information content (AvgIpc) is 3.23.